The Morgan fingerprint density at radius 3 is 1.37 bits per heavy atom. The summed E-state index contributed by atoms with van der Waals surface area (Å²) in [4.78, 5) is 2.26. The van der Waals surface area contributed by atoms with Crippen molar-refractivity contribution >= 4 is 12.6 Å². The maximum atomic E-state index is 6.68. The predicted octanol–water partition coefficient (Wildman–Crippen LogP) is 13.4. The lowest BCUT2D eigenvalue weighted by molar-refractivity contribution is -0.180. The fourth-order valence-corrected chi connectivity index (χ4v) is 6.92. The highest BCUT2D eigenvalue weighted by Gasteiger charge is 2.40. The Morgan fingerprint density at radius 1 is 0.565 bits per heavy atom. The molecule has 0 aromatic carbocycles. The number of rotatable bonds is 35. The second kappa shape index (κ2) is 33.2. The molecule has 1 heterocycles. The van der Waals surface area contributed by atoms with Crippen molar-refractivity contribution in [1.29, 1.82) is 0 Å². The summed E-state index contributed by atoms with van der Waals surface area (Å²) in [7, 11) is 4.31. The molecule has 1 rings (SSSR count). The van der Waals surface area contributed by atoms with Gasteiger partial charge in [0, 0.05) is 19.4 Å². The minimum absolute atomic E-state index is 0.266. The van der Waals surface area contributed by atoms with Crippen LogP contribution in [0, 0.1) is 0 Å². The summed E-state index contributed by atoms with van der Waals surface area (Å²) in [6, 6.07) is 0. The highest BCUT2D eigenvalue weighted by atomic mass is 32.1. The molecule has 2 atom stereocenters. The van der Waals surface area contributed by atoms with E-state index < -0.39 is 0 Å². The number of nitrogens with zero attached hydrogens (tertiary/aromatic N) is 1. The zero-order chi connectivity index (χ0) is 33.2. The van der Waals surface area contributed by atoms with Crippen molar-refractivity contribution in [3.63, 3.8) is 0 Å². The fraction of sp³-hybridized carbons (Fsp3) is 0.905. The lowest BCUT2D eigenvalue weighted by Crippen LogP contribution is -2.31. The smallest absolute Gasteiger partial charge is 0.168 e. The molecular weight excluding hydrogens is 583 g/mol. The Morgan fingerprint density at radius 2 is 0.957 bits per heavy atom. The van der Waals surface area contributed by atoms with Gasteiger partial charge in [-0.2, -0.15) is 12.6 Å². The van der Waals surface area contributed by atoms with Crippen LogP contribution >= 0.6 is 12.6 Å². The second-order valence-electron chi connectivity index (χ2n) is 14.7. The normalized spacial score (nSPS) is 18.7. The van der Waals surface area contributed by atoms with E-state index in [9.17, 15) is 0 Å². The Hall–Kier alpha value is -0.290. The third-order valence-corrected chi connectivity index (χ3v) is 10.1. The standard InChI is InChI=1S/C42H81NO2S/c1-4-5-6-7-8-9-10-11-12-14-17-20-23-26-29-32-36-42(44-40-41(45-42)35-38-43(2)3)37-33-30-27-24-21-18-15-13-16-19-22-25-28-31-34-39-46/h11-13,16,41,46H,4-10,14-15,17-40H2,1-3H3/b12-11-,16-13-. The van der Waals surface area contributed by atoms with Crippen molar-refractivity contribution in [2.45, 2.75) is 211 Å². The first-order chi connectivity index (χ1) is 22.6. The first-order valence-electron chi connectivity index (χ1n) is 20.5. The molecule has 0 bridgehead atoms. The van der Waals surface area contributed by atoms with Crippen molar-refractivity contribution < 1.29 is 9.47 Å². The summed E-state index contributed by atoms with van der Waals surface area (Å²) in [5.41, 5.74) is 0. The molecule has 0 spiro atoms. The van der Waals surface area contributed by atoms with Gasteiger partial charge >= 0.3 is 0 Å². The van der Waals surface area contributed by atoms with Gasteiger partial charge in [0.25, 0.3) is 0 Å². The van der Waals surface area contributed by atoms with E-state index in [0.717, 1.165) is 38.2 Å². The van der Waals surface area contributed by atoms with Crippen LogP contribution < -0.4 is 0 Å². The van der Waals surface area contributed by atoms with Crippen LogP contribution in [0.15, 0.2) is 24.3 Å². The quantitative estimate of drug-likeness (QED) is 0.0414. The average molecular weight is 664 g/mol. The first kappa shape index (κ1) is 43.7. The van der Waals surface area contributed by atoms with E-state index in [1.807, 2.05) is 0 Å². The number of hydrogen-bond donors (Lipinski definition) is 1. The minimum Gasteiger partial charge on any atom is -0.347 e. The van der Waals surface area contributed by atoms with E-state index >= 15 is 0 Å². The third kappa shape index (κ3) is 27.6. The molecule has 0 amide bonds. The molecule has 0 aliphatic carbocycles. The van der Waals surface area contributed by atoms with Crippen molar-refractivity contribution in [3.8, 4) is 0 Å². The SMILES string of the molecule is CCCCCCCC/C=C\CCCCCCCCC1(CCCCCCCC/C=C\CCCCCCCS)OCC(CCN(C)C)O1. The number of allylic oxidation sites excluding steroid dienone is 4. The van der Waals surface area contributed by atoms with Crippen LogP contribution in [-0.4, -0.2) is 49.8 Å². The Labute approximate surface area is 294 Å². The molecule has 0 aromatic rings. The molecule has 1 aliphatic rings. The lowest BCUT2D eigenvalue weighted by Gasteiger charge is -2.29. The molecule has 272 valence electrons. The van der Waals surface area contributed by atoms with Gasteiger partial charge in [0.05, 0.1) is 12.7 Å². The van der Waals surface area contributed by atoms with Crippen LogP contribution in [0.2, 0.25) is 0 Å². The molecule has 1 fully saturated rings. The van der Waals surface area contributed by atoms with Gasteiger partial charge in [0.1, 0.15) is 0 Å². The molecule has 0 radical (unpaired) electrons. The van der Waals surface area contributed by atoms with Crippen LogP contribution in [0.5, 0.6) is 0 Å². The van der Waals surface area contributed by atoms with Gasteiger partial charge in [-0.3, -0.25) is 0 Å². The second-order valence-corrected chi connectivity index (χ2v) is 15.1. The van der Waals surface area contributed by atoms with Gasteiger partial charge in [-0.1, -0.05) is 134 Å². The summed E-state index contributed by atoms with van der Waals surface area (Å²) in [5.74, 6) is 0.731. The van der Waals surface area contributed by atoms with Crippen LogP contribution in [0.1, 0.15) is 200 Å². The molecule has 46 heavy (non-hydrogen) atoms. The number of hydrogen-bond acceptors (Lipinski definition) is 4. The van der Waals surface area contributed by atoms with Crippen molar-refractivity contribution in [2.24, 2.45) is 0 Å². The van der Waals surface area contributed by atoms with E-state index in [1.54, 1.807) is 0 Å². The van der Waals surface area contributed by atoms with E-state index in [1.165, 1.54) is 173 Å². The van der Waals surface area contributed by atoms with Gasteiger partial charge in [-0.05, 0) is 96.9 Å². The van der Waals surface area contributed by atoms with Gasteiger partial charge in [0.2, 0.25) is 0 Å². The molecule has 0 N–H and O–H groups in total. The van der Waals surface area contributed by atoms with Gasteiger partial charge in [-0.15, -0.1) is 0 Å². The summed E-state index contributed by atoms with van der Waals surface area (Å²) >= 11 is 4.29. The highest BCUT2D eigenvalue weighted by molar-refractivity contribution is 7.80. The lowest BCUT2D eigenvalue weighted by atomic mass is 9.98. The highest BCUT2D eigenvalue weighted by Crippen LogP contribution is 2.35. The zero-order valence-corrected chi connectivity index (χ0v) is 32.3. The number of ether oxygens (including phenoxy) is 2. The summed E-state index contributed by atoms with van der Waals surface area (Å²) in [6.45, 7) is 4.15. The van der Waals surface area contributed by atoms with E-state index in [0.29, 0.717) is 0 Å². The molecular formula is C42H81NO2S. The summed E-state index contributed by atoms with van der Waals surface area (Å²) < 4.78 is 13.2. The number of unbranched alkanes of at least 4 members (excludes halogenated alkanes) is 23. The van der Waals surface area contributed by atoms with Crippen LogP contribution in [0.25, 0.3) is 0 Å². The summed E-state index contributed by atoms with van der Waals surface area (Å²) in [6.07, 6.45) is 49.4. The molecule has 2 unspecified atom stereocenters. The topological polar surface area (TPSA) is 21.7 Å². The average Bonchev–Trinajstić information content (AvgIpc) is 3.46. The first-order valence-corrected chi connectivity index (χ1v) is 21.1. The van der Waals surface area contributed by atoms with Crippen LogP contribution in [-0.2, 0) is 9.47 Å². The molecule has 1 saturated heterocycles. The van der Waals surface area contributed by atoms with Crippen molar-refractivity contribution in [3.05, 3.63) is 24.3 Å². The van der Waals surface area contributed by atoms with Gasteiger partial charge < -0.3 is 14.4 Å². The van der Waals surface area contributed by atoms with Crippen molar-refractivity contribution in [2.75, 3.05) is 33.0 Å². The molecule has 4 heteroatoms. The van der Waals surface area contributed by atoms with E-state index in [4.69, 9.17) is 9.47 Å². The fourth-order valence-electron chi connectivity index (χ4n) is 6.69. The Kier molecular flexibility index (Phi) is 31.6. The minimum atomic E-state index is -0.310. The maximum Gasteiger partial charge on any atom is 0.168 e. The van der Waals surface area contributed by atoms with Crippen LogP contribution in [0.3, 0.4) is 0 Å². The molecule has 0 aromatic heterocycles. The van der Waals surface area contributed by atoms with E-state index in [2.05, 4.69) is 62.9 Å². The largest absolute Gasteiger partial charge is 0.347 e. The van der Waals surface area contributed by atoms with Crippen LogP contribution in [0.4, 0.5) is 0 Å². The third-order valence-electron chi connectivity index (χ3n) is 9.76. The number of thiol groups is 1. The molecule has 0 saturated carbocycles. The van der Waals surface area contributed by atoms with Gasteiger partial charge in [0.15, 0.2) is 5.79 Å². The van der Waals surface area contributed by atoms with Crippen molar-refractivity contribution in [1.82, 2.24) is 4.90 Å². The molecule has 3 nitrogen and oxygen atoms in total. The monoisotopic (exact) mass is 664 g/mol. The van der Waals surface area contributed by atoms with Gasteiger partial charge in [-0.25, -0.2) is 0 Å². The van der Waals surface area contributed by atoms with E-state index in [-0.39, 0.29) is 11.9 Å². The zero-order valence-electron chi connectivity index (χ0n) is 31.4. The maximum absolute atomic E-state index is 6.68. The Balaban J connectivity index is 2.13. The molecule has 1 aliphatic heterocycles. The summed E-state index contributed by atoms with van der Waals surface area (Å²) in [5, 5.41) is 0. The predicted molar refractivity (Wildman–Crippen MR) is 208 cm³/mol. The Bertz CT molecular complexity index is 637.